The number of amides is 1. The van der Waals surface area contributed by atoms with Gasteiger partial charge in [0.25, 0.3) is 5.91 Å². The summed E-state index contributed by atoms with van der Waals surface area (Å²) in [5, 5.41) is 0.167. The van der Waals surface area contributed by atoms with E-state index in [-0.39, 0.29) is 22.5 Å². The average Bonchev–Trinajstić information content (AvgIpc) is 2.89. The second kappa shape index (κ2) is 6.93. The number of guanidine groups is 1. The topological polar surface area (TPSA) is 53.0 Å². The minimum absolute atomic E-state index is 0.0679. The molecule has 0 radical (unpaired) electrons. The summed E-state index contributed by atoms with van der Waals surface area (Å²) in [5.41, 5.74) is 1.92. The van der Waals surface area contributed by atoms with E-state index in [9.17, 15) is 14.0 Å². The van der Waals surface area contributed by atoms with Crippen molar-refractivity contribution in [2.45, 2.75) is 19.4 Å². The molecule has 0 saturated carbocycles. The summed E-state index contributed by atoms with van der Waals surface area (Å²) < 4.78 is 14.7. The maximum atomic E-state index is 13.7. The summed E-state index contributed by atoms with van der Waals surface area (Å²) in [4.78, 5) is 33.0. The Morgan fingerprint density at radius 3 is 2.75 bits per heavy atom. The van der Waals surface area contributed by atoms with E-state index in [4.69, 9.17) is 11.6 Å². The number of ketones is 1. The lowest BCUT2D eigenvalue weighted by atomic mass is 10.0. The van der Waals surface area contributed by atoms with Crippen LogP contribution in [0.15, 0.2) is 38.2 Å². The molecule has 0 spiro atoms. The molecule has 2 aliphatic rings. The van der Waals surface area contributed by atoms with Crippen LogP contribution >= 0.6 is 43.5 Å². The molecule has 2 aliphatic heterocycles. The summed E-state index contributed by atoms with van der Waals surface area (Å²) in [6.07, 6.45) is 0.311. The number of hydrogen-bond acceptors (Lipinski definition) is 4. The largest absolute Gasteiger partial charge is 0.312 e. The number of benzene rings is 2. The van der Waals surface area contributed by atoms with E-state index in [1.807, 2.05) is 17.9 Å². The highest BCUT2D eigenvalue weighted by Gasteiger charge is 2.41. The smallest absolute Gasteiger partial charge is 0.250 e. The first kappa shape index (κ1) is 19.5. The molecule has 0 aliphatic carbocycles. The molecule has 0 aromatic heterocycles. The van der Waals surface area contributed by atoms with Crippen molar-refractivity contribution in [3.05, 3.63) is 55.2 Å². The number of hydrogen-bond donors (Lipinski definition) is 0. The summed E-state index contributed by atoms with van der Waals surface area (Å²) >= 11 is 13.1. The van der Waals surface area contributed by atoms with Gasteiger partial charge in [-0.15, -0.1) is 0 Å². The molecular weight excluding hydrogens is 516 g/mol. The van der Waals surface area contributed by atoms with Gasteiger partial charge in [-0.1, -0.05) is 11.6 Å². The number of carbonyl (C=O) groups is 2. The molecule has 0 unspecified atom stereocenters. The fourth-order valence-corrected chi connectivity index (χ4v) is 5.47. The van der Waals surface area contributed by atoms with Gasteiger partial charge in [-0.05, 0) is 63.0 Å². The summed E-state index contributed by atoms with van der Waals surface area (Å²) in [7, 11) is 1.78. The van der Waals surface area contributed by atoms with Gasteiger partial charge in [-0.3, -0.25) is 9.59 Å². The van der Waals surface area contributed by atoms with Gasteiger partial charge in [0.15, 0.2) is 5.78 Å². The van der Waals surface area contributed by atoms with Crippen LogP contribution in [0.4, 0.5) is 15.8 Å². The fraction of sp³-hybridized carbons (Fsp3) is 0.211. The van der Waals surface area contributed by atoms with E-state index in [0.717, 1.165) is 11.8 Å². The standard InChI is InChI=1S/C19H13Br2ClFN3O2/c1-8-5-14(27)24-19-25(2)17-13(26(8)19)7-11(20)15(16(17)21)18(28)10-6-9(23)3-4-12(10)22/h3-4,6-8H,5H2,1-2H3/t8-/m1/s1. The highest BCUT2D eigenvalue weighted by atomic mass is 79.9. The molecule has 2 aromatic rings. The molecule has 28 heavy (non-hydrogen) atoms. The molecule has 0 saturated heterocycles. The van der Waals surface area contributed by atoms with Crippen molar-refractivity contribution in [1.82, 2.24) is 0 Å². The number of fused-ring (bicyclic) bond motifs is 3. The van der Waals surface area contributed by atoms with Gasteiger partial charge < -0.3 is 9.80 Å². The van der Waals surface area contributed by atoms with Crippen molar-refractivity contribution >= 4 is 72.5 Å². The number of nitrogens with zero attached hydrogens (tertiary/aromatic N) is 3. The maximum Gasteiger partial charge on any atom is 0.250 e. The molecule has 2 aromatic carbocycles. The van der Waals surface area contributed by atoms with E-state index in [2.05, 4.69) is 36.9 Å². The van der Waals surface area contributed by atoms with Gasteiger partial charge in [0.1, 0.15) is 5.82 Å². The first-order valence-electron chi connectivity index (χ1n) is 8.37. The van der Waals surface area contributed by atoms with E-state index in [1.54, 1.807) is 11.9 Å². The monoisotopic (exact) mass is 527 g/mol. The molecule has 0 bridgehead atoms. The maximum absolute atomic E-state index is 13.7. The number of anilines is 2. The number of aliphatic imine (C=N–C) groups is 1. The van der Waals surface area contributed by atoms with Gasteiger partial charge in [0.05, 0.1) is 26.4 Å². The molecule has 4 rings (SSSR count). The minimum Gasteiger partial charge on any atom is -0.312 e. The lowest BCUT2D eigenvalue weighted by Crippen LogP contribution is -2.46. The molecule has 0 fully saturated rings. The minimum atomic E-state index is -0.544. The van der Waals surface area contributed by atoms with Crippen LogP contribution < -0.4 is 9.80 Å². The van der Waals surface area contributed by atoms with Gasteiger partial charge >= 0.3 is 0 Å². The van der Waals surface area contributed by atoms with Crippen LogP contribution in [0.25, 0.3) is 0 Å². The summed E-state index contributed by atoms with van der Waals surface area (Å²) in [6, 6.07) is 5.42. The molecule has 9 heteroatoms. The van der Waals surface area contributed by atoms with Crippen LogP contribution in [0.5, 0.6) is 0 Å². The van der Waals surface area contributed by atoms with E-state index in [0.29, 0.717) is 32.6 Å². The Kier molecular flexibility index (Phi) is 4.84. The van der Waals surface area contributed by atoms with Gasteiger partial charge in [-0.2, -0.15) is 4.99 Å². The van der Waals surface area contributed by atoms with E-state index in [1.165, 1.54) is 12.1 Å². The summed E-state index contributed by atoms with van der Waals surface area (Å²) in [5.74, 6) is -0.636. The summed E-state index contributed by atoms with van der Waals surface area (Å²) in [6.45, 7) is 1.95. The average molecular weight is 530 g/mol. The zero-order valence-corrected chi connectivity index (χ0v) is 18.7. The second-order valence-electron chi connectivity index (χ2n) is 6.66. The normalized spacial score (nSPS) is 18.1. The van der Waals surface area contributed by atoms with Crippen molar-refractivity contribution < 1.29 is 14.0 Å². The van der Waals surface area contributed by atoms with Crippen LogP contribution in [0.2, 0.25) is 5.02 Å². The lowest BCUT2D eigenvalue weighted by molar-refractivity contribution is -0.118. The van der Waals surface area contributed by atoms with E-state index < -0.39 is 11.6 Å². The zero-order valence-electron chi connectivity index (χ0n) is 14.8. The predicted molar refractivity (Wildman–Crippen MR) is 114 cm³/mol. The van der Waals surface area contributed by atoms with E-state index >= 15 is 0 Å². The Bertz CT molecular complexity index is 1090. The lowest BCUT2D eigenvalue weighted by Gasteiger charge is -2.30. The van der Waals surface area contributed by atoms with Crippen molar-refractivity contribution in [1.29, 1.82) is 0 Å². The van der Waals surface area contributed by atoms with Gasteiger partial charge in [0.2, 0.25) is 5.96 Å². The molecule has 0 N–H and O–H groups in total. The number of halogens is 4. The third-order valence-electron chi connectivity index (χ3n) is 4.82. The van der Waals surface area contributed by atoms with Crippen molar-refractivity contribution in [3.63, 3.8) is 0 Å². The van der Waals surface area contributed by atoms with Crippen molar-refractivity contribution in [3.8, 4) is 0 Å². The first-order chi connectivity index (χ1) is 13.2. The first-order valence-corrected chi connectivity index (χ1v) is 10.3. The molecule has 5 nitrogen and oxygen atoms in total. The highest BCUT2D eigenvalue weighted by Crippen LogP contribution is 2.48. The van der Waals surface area contributed by atoms with Gasteiger partial charge in [-0.25, -0.2) is 4.39 Å². The van der Waals surface area contributed by atoms with Crippen LogP contribution in [0.3, 0.4) is 0 Å². The zero-order chi connectivity index (χ0) is 20.3. The molecule has 144 valence electrons. The molecule has 2 heterocycles. The third kappa shape index (κ3) is 2.89. The van der Waals surface area contributed by atoms with Crippen LogP contribution in [0, 0.1) is 5.82 Å². The van der Waals surface area contributed by atoms with Crippen LogP contribution in [-0.4, -0.2) is 30.7 Å². The Hall–Kier alpha value is -1.77. The quantitative estimate of drug-likeness (QED) is 0.504. The number of rotatable bonds is 2. The van der Waals surface area contributed by atoms with Crippen LogP contribution in [0.1, 0.15) is 29.3 Å². The van der Waals surface area contributed by atoms with Crippen molar-refractivity contribution in [2.75, 3.05) is 16.8 Å². The predicted octanol–water partition coefficient (Wildman–Crippen LogP) is 5.17. The highest BCUT2D eigenvalue weighted by molar-refractivity contribution is 9.11. The Labute approximate surface area is 182 Å². The van der Waals surface area contributed by atoms with Gasteiger partial charge in [0, 0.05) is 29.5 Å². The Balaban J connectivity index is 1.91. The van der Waals surface area contributed by atoms with Crippen molar-refractivity contribution in [2.24, 2.45) is 4.99 Å². The Morgan fingerprint density at radius 1 is 1.32 bits per heavy atom. The molecule has 1 amide bonds. The number of carbonyl (C=O) groups excluding carboxylic acids is 2. The second-order valence-corrected chi connectivity index (χ2v) is 8.71. The van der Waals surface area contributed by atoms with Crippen LogP contribution in [-0.2, 0) is 4.79 Å². The molecule has 1 atom stereocenters. The third-order valence-corrected chi connectivity index (χ3v) is 6.55. The Morgan fingerprint density at radius 2 is 2.04 bits per heavy atom. The molecular formula is C19H13Br2ClFN3O2. The fourth-order valence-electron chi connectivity index (χ4n) is 3.55. The SMILES string of the molecule is C[C@@H]1CC(=O)N=C2N(C)c3c(cc(Br)c(C(=O)c4cc(F)ccc4Cl)c3Br)N21.